The van der Waals surface area contributed by atoms with Gasteiger partial charge < -0.3 is 14.6 Å². The molecule has 0 bridgehead atoms. The number of hydrogen-bond donors (Lipinski definition) is 1. The minimum Gasteiger partial charge on any atom is -0.489 e. The molecule has 0 fully saturated rings. The highest BCUT2D eigenvalue weighted by molar-refractivity contribution is 9.10. The van der Waals surface area contributed by atoms with Crippen molar-refractivity contribution in [2.24, 2.45) is 0 Å². The molecule has 7 heteroatoms. The van der Waals surface area contributed by atoms with Crippen LogP contribution in [0.1, 0.15) is 22.8 Å². The topological polar surface area (TPSA) is 92.4 Å². The zero-order valence-corrected chi connectivity index (χ0v) is 16.2. The number of pyridine rings is 1. The summed E-state index contributed by atoms with van der Waals surface area (Å²) in [4.78, 5) is 15.7. The standard InChI is InChI=1S/C21H15BrN2O4/c22-18-4-2-1-3-17(18)20(21(25)26)28-19-11-16(6-5-15(19)12-23)27-13-14-7-9-24-10-8-14/h1-11,20H,13H2,(H,25,26). The van der Waals surface area contributed by atoms with E-state index in [0.29, 0.717) is 22.4 Å². The molecular weight excluding hydrogens is 424 g/mol. The van der Waals surface area contributed by atoms with E-state index in [4.69, 9.17) is 9.47 Å². The lowest BCUT2D eigenvalue weighted by molar-refractivity contribution is -0.145. The molecule has 0 amide bonds. The number of hydrogen-bond acceptors (Lipinski definition) is 5. The second kappa shape index (κ2) is 9.02. The zero-order valence-electron chi connectivity index (χ0n) is 14.6. The largest absolute Gasteiger partial charge is 0.489 e. The number of aromatic nitrogens is 1. The molecule has 1 unspecified atom stereocenters. The van der Waals surface area contributed by atoms with Crippen molar-refractivity contribution < 1.29 is 19.4 Å². The number of carboxylic acid groups (broad SMARTS) is 1. The molecule has 1 N–H and O–H groups in total. The molecule has 0 saturated heterocycles. The fourth-order valence-corrected chi connectivity index (χ4v) is 2.98. The van der Waals surface area contributed by atoms with Gasteiger partial charge in [0.05, 0.1) is 5.56 Å². The summed E-state index contributed by atoms with van der Waals surface area (Å²) in [7, 11) is 0. The normalized spacial score (nSPS) is 11.3. The van der Waals surface area contributed by atoms with Crippen molar-refractivity contribution >= 4 is 21.9 Å². The Balaban J connectivity index is 1.86. The Morgan fingerprint density at radius 2 is 1.93 bits per heavy atom. The summed E-state index contributed by atoms with van der Waals surface area (Å²) in [6.07, 6.45) is 2.06. The van der Waals surface area contributed by atoms with Crippen LogP contribution < -0.4 is 9.47 Å². The maximum absolute atomic E-state index is 11.8. The fourth-order valence-electron chi connectivity index (χ4n) is 2.49. The van der Waals surface area contributed by atoms with Crippen molar-refractivity contribution in [3.05, 3.63) is 88.2 Å². The van der Waals surface area contributed by atoms with Crippen LogP contribution in [0.15, 0.2) is 71.5 Å². The third-order valence-corrected chi connectivity index (χ3v) is 4.61. The van der Waals surface area contributed by atoms with E-state index >= 15 is 0 Å². The summed E-state index contributed by atoms with van der Waals surface area (Å²) >= 11 is 3.34. The first kappa shape index (κ1) is 19.4. The maximum atomic E-state index is 11.8. The van der Waals surface area contributed by atoms with E-state index < -0.39 is 12.1 Å². The van der Waals surface area contributed by atoms with E-state index in [-0.39, 0.29) is 11.3 Å². The van der Waals surface area contributed by atoms with E-state index in [1.807, 2.05) is 18.2 Å². The van der Waals surface area contributed by atoms with E-state index in [2.05, 4.69) is 20.9 Å². The van der Waals surface area contributed by atoms with Crippen molar-refractivity contribution in [3.63, 3.8) is 0 Å². The number of benzene rings is 2. The van der Waals surface area contributed by atoms with Gasteiger partial charge >= 0.3 is 5.97 Å². The molecule has 0 radical (unpaired) electrons. The van der Waals surface area contributed by atoms with Crippen LogP contribution in [0.3, 0.4) is 0 Å². The lowest BCUT2D eigenvalue weighted by atomic mass is 10.1. The summed E-state index contributed by atoms with van der Waals surface area (Å²) in [6, 6.07) is 17.2. The van der Waals surface area contributed by atoms with Crippen LogP contribution >= 0.6 is 15.9 Å². The third kappa shape index (κ3) is 4.67. The maximum Gasteiger partial charge on any atom is 0.349 e. The molecular formula is C21H15BrN2O4. The molecule has 0 spiro atoms. The van der Waals surface area contributed by atoms with E-state index in [1.54, 1.807) is 42.7 Å². The number of ether oxygens (including phenoxy) is 2. The van der Waals surface area contributed by atoms with E-state index in [9.17, 15) is 15.2 Å². The molecule has 0 saturated carbocycles. The van der Waals surface area contributed by atoms with Crippen molar-refractivity contribution in [2.45, 2.75) is 12.7 Å². The van der Waals surface area contributed by atoms with Gasteiger partial charge in [0.2, 0.25) is 6.10 Å². The predicted octanol–water partition coefficient (Wildman–Crippen LogP) is 4.50. The summed E-state index contributed by atoms with van der Waals surface area (Å²) < 4.78 is 12.0. The highest BCUT2D eigenvalue weighted by Crippen LogP contribution is 2.32. The minimum atomic E-state index is -1.28. The smallest absolute Gasteiger partial charge is 0.349 e. The van der Waals surface area contributed by atoms with Crippen molar-refractivity contribution in [1.82, 2.24) is 4.98 Å². The van der Waals surface area contributed by atoms with Gasteiger partial charge in [0.25, 0.3) is 0 Å². The zero-order chi connectivity index (χ0) is 19.9. The number of halogens is 1. The number of nitrogens with zero attached hydrogens (tertiary/aromatic N) is 2. The van der Waals surface area contributed by atoms with Gasteiger partial charge in [-0.25, -0.2) is 4.79 Å². The molecule has 6 nitrogen and oxygen atoms in total. The Labute approximate surface area is 170 Å². The van der Waals surface area contributed by atoms with Gasteiger partial charge in [0.1, 0.15) is 24.2 Å². The monoisotopic (exact) mass is 438 g/mol. The fraction of sp³-hybridized carbons (Fsp3) is 0.0952. The van der Waals surface area contributed by atoms with Crippen LogP contribution in [-0.4, -0.2) is 16.1 Å². The minimum absolute atomic E-state index is 0.137. The van der Waals surface area contributed by atoms with Gasteiger partial charge in [-0.05, 0) is 35.9 Å². The number of carbonyl (C=O) groups is 1. The van der Waals surface area contributed by atoms with Gasteiger partial charge in [-0.15, -0.1) is 0 Å². The van der Waals surface area contributed by atoms with Crippen LogP contribution in [0.2, 0.25) is 0 Å². The molecule has 3 aromatic rings. The van der Waals surface area contributed by atoms with Gasteiger partial charge in [0.15, 0.2) is 0 Å². The summed E-state index contributed by atoms with van der Waals surface area (Å²) in [5.74, 6) is -0.571. The first-order chi connectivity index (χ1) is 13.6. The van der Waals surface area contributed by atoms with Crippen LogP contribution in [-0.2, 0) is 11.4 Å². The number of rotatable bonds is 7. The first-order valence-corrected chi connectivity index (χ1v) is 9.07. The molecule has 2 aromatic carbocycles. The van der Waals surface area contributed by atoms with E-state index in [0.717, 1.165) is 5.56 Å². The molecule has 28 heavy (non-hydrogen) atoms. The average molecular weight is 439 g/mol. The Morgan fingerprint density at radius 3 is 2.61 bits per heavy atom. The van der Waals surface area contributed by atoms with Crippen LogP contribution in [0.4, 0.5) is 0 Å². The summed E-state index contributed by atoms with van der Waals surface area (Å²) in [6.45, 7) is 0.306. The molecule has 0 aliphatic carbocycles. The molecule has 140 valence electrons. The number of carboxylic acids is 1. The van der Waals surface area contributed by atoms with Gasteiger partial charge in [-0.3, -0.25) is 4.98 Å². The van der Waals surface area contributed by atoms with Crippen molar-refractivity contribution in [2.75, 3.05) is 0 Å². The SMILES string of the molecule is N#Cc1ccc(OCc2ccncc2)cc1OC(C(=O)O)c1ccccc1Br. The van der Waals surface area contributed by atoms with Gasteiger partial charge in [-0.1, -0.05) is 34.1 Å². The number of aliphatic carboxylic acids is 1. The molecule has 1 heterocycles. The first-order valence-electron chi connectivity index (χ1n) is 8.28. The van der Waals surface area contributed by atoms with Crippen molar-refractivity contribution in [1.29, 1.82) is 5.26 Å². The van der Waals surface area contributed by atoms with Gasteiger partial charge in [-0.2, -0.15) is 5.26 Å². The lowest BCUT2D eigenvalue weighted by Crippen LogP contribution is -2.19. The Hall–Kier alpha value is -3.37. The average Bonchev–Trinajstić information content (AvgIpc) is 2.72. The quantitative estimate of drug-likeness (QED) is 0.583. The third-order valence-electron chi connectivity index (χ3n) is 3.89. The van der Waals surface area contributed by atoms with Crippen molar-refractivity contribution in [3.8, 4) is 17.6 Å². The second-order valence-electron chi connectivity index (χ2n) is 5.77. The number of nitriles is 1. The Kier molecular flexibility index (Phi) is 6.25. The van der Waals surface area contributed by atoms with Crippen LogP contribution in [0.25, 0.3) is 0 Å². The van der Waals surface area contributed by atoms with Crippen LogP contribution in [0.5, 0.6) is 11.5 Å². The second-order valence-corrected chi connectivity index (χ2v) is 6.63. The molecule has 0 aliphatic heterocycles. The molecule has 1 aromatic heterocycles. The molecule has 3 rings (SSSR count). The molecule has 1 atom stereocenters. The molecule has 0 aliphatic rings. The Bertz CT molecular complexity index is 1020. The highest BCUT2D eigenvalue weighted by Gasteiger charge is 2.25. The van der Waals surface area contributed by atoms with Gasteiger partial charge in [0, 0.05) is 28.5 Å². The predicted molar refractivity (Wildman–Crippen MR) is 105 cm³/mol. The van der Waals surface area contributed by atoms with Crippen LogP contribution in [0, 0.1) is 11.3 Å². The summed E-state index contributed by atoms with van der Waals surface area (Å²) in [5.41, 5.74) is 1.59. The van der Waals surface area contributed by atoms with E-state index in [1.165, 1.54) is 12.1 Å². The highest BCUT2D eigenvalue weighted by atomic mass is 79.9. The Morgan fingerprint density at radius 1 is 1.18 bits per heavy atom. The summed E-state index contributed by atoms with van der Waals surface area (Å²) in [5, 5.41) is 19.0. The lowest BCUT2D eigenvalue weighted by Gasteiger charge is -2.18.